The number of hydrogen-bond acceptors (Lipinski definition) is 3. The average Bonchev–Trinajstić information content (AvgIpc) is 2.83. The van der Waals surface area contributed by atoms with Crippen LogP contribution < -0.4 is 5.32 Å². The van der Waals surface area contributed by atoms with Gasteiger partial charge in [0.25, 0.3) is 0 Å². The molecule has 0 aliphatic carbocycles. The molecule has 16 heavy (non-hydrogen) atoms. The van der Waals surface area contributed by atoms with Crippen molar-refractivity contribution >= 4 is 5.69 Å². The molecule has 0 aliphatic heterocycles. The lowest BCUT2D eigenvalue weighted by Crippen LogP contribution is -2.09. The third kappa shape index (κ3) is 2.39. The molecule has 2 rings (SSSR count). The van der Waals surface area contributed by atoms with Crippen LogP contribution in [0, 0.1) is 11.3 Å². The minimum atomic E-state index is 0.674. The Bertz CT molecular complexity index is 482. The van der Waals surface area contributed by atoms with Crippen LogP contribution in [0.1, 0.15) is 5.56 Å². The van der Waals surface area contributed by atoms with E-state index >= 15 is 0 Å². The van der Waals surface area contributed by atoms with Crippen LogP contribution in [0.2, 0.25) is 0 Å². The fourth-order valence-corrected chi connectivity index (χ4v) is 1.47. The zero-order valence-electron chi connectivity index (χ0n) is 8.80. The van der Waals surface area contributed by atoms with Gasteiger partial charge in [0.15, 0.2) is 0 Å². The normalized spacial score (nSPS) is 9.69. The second-order valence-corrected chi connectivity index (χ2v) is 3.38. The number of nitrogens with one attached hydrogen (secondary N) is 1. The molecule has 0 bridgehead atoms. The van der Waals surface area contributed by atoms with E-state index in [4.69, 9.17) is 5.26 Å². The zero-order valence-corrected chi connectivity index (χ0v) is 8.80. The molecule has 4 heteroatoms. The molecule has 0 amide bonds. The molecule has 1 N–H and O–H groups in total. The number of nitriles is 1. The molecule has 2 aromatic rings. The van der Waals surface area contributed by atoms with Crippen LogP contribution in [-0.2, 0) is 6.54 Å². The Morgan fingerprint density at radius 1 is 1.38 bits per heavy atom. The van der Waals surface area contributed by atoms with E-state index in [1.54, 1.807) is 18.6 Å². The molecular weight excluding hydrogens is 200 g/mol. The molecule has 1 aromatic carbocycles. The van der Waals surface area contributed by atoms with E-state index in [2.05, 4.69) is 16.4 Å². The van der Waals surface area contributed by atoms with Crippen LogP contribution in [0.25, 0.3) is 0 Å². The van der Waals surface area contributed by atoms with Crippen molar-refractivity contribution in [2.45, 2.75) is 6.54 Å². The van der Waals surface area contributed by atoms with Crippen molar-refractivity contribution in [3.05, 3.63) is 48.5 Å². The van der Waals surface area contributed by atoms with Gasteiger partial charge >= 0.3 is 0 Å². The van der Waals surface area contributed by atoms with Crippen molar-refractivity contribution < 1.29 is 0 Å². The molecule has 0 radical (unpaired) electrons. The Morgan fingerprint density at radius 2 is 2.25 bits per heavy atom. The summed E-state index contributed by atoms with van der Waals surface area (Å²) in [5.41, 5.74) is 1.55. The van der Waals surface area contributed by atoms with Crippen LogP contribution in [-0.4, -0.2) is 16.1 Å². The fraction of sp³-hybridized carbons (Fsp3) is 0.167. The maximum atomic E-state index is 8.90. The first-order chi connectivity index (χ1) is 7.90. The first kappa shape index (κ1) is 10.2. The smallest absolute Gasteiger partial charge is 0.101 e. The number of nitrogens with zero attached hydrogens (tertiary/aromatic N) is 3. The van der Waals surface area contributed by atoms with Crippen molar-refractivity contribution in [1.82, 2.24) is 9.55 Å². The van der Waals surface area contributed by atoms with E-state index < -0.39 is 0 Å². The predicted molar refractivity (Wildman–Crippen MR) is 61.9 cm³/mol. The fourth-order valence-electron chi connectivity index (χ4n) is 1.47. The van der Waals surface area contributed by atoms with Gasteiger partial charge in [0.05, 0.1) is 17.6 Å². The summed E-state index contributed by atoms with van der Waals surface area (Å²) in [7, 11) is 0. The van der Waals surface area contributed by atoms with E-state index in [1.807, 2.05) is 29.0 Å². The molecule has 0 fully saturated rings. The molecule has 0 saturated carbocycles. The van der Waals surface area contributed by atoms with Crippen molar-refractivity contribution in [2.75, 3.05) is 11.9 Å². The number of rotatable bonds is 4. The van der Waals surface area contributed by atoms with Gasteiger partial charge in [-0.15, -0.1) is 0 Å². The maximum absolute atomic E-state index is 8.90. The monoisotopic (exact) mass is 212 g/mol. The van der Waals surface area contributed by atoms with E-state index in [9.17, 15) is 0 Å². The van der Waals surface area contributed by atoms with Gasteiger partial charge in [-0.1, -0.05) is 12.1 Å². The summed E-state index contributed by atoms with van der Waals surface area (Å²) in [6.45, 7) is 1.61. The highest BCUT2D eigenvalue weighted by molar-refractivity contribution is 5.56. The molecule has 80 valence electrons. The molecule has 1 aromatic heterocycles. The van der Waals surface area contributed by atoms with Crippen molar-refractivity contribution in [3.8, 4) is 6.07 Å². The zero-order chi connectivity index (χ0) is 11.2. The lowest BCUT2D eigenvalue weighted by molar-refractivity contribution is 0.727. The third-order valence-electron chi connectivity index (χ3n) is 2.29. The SMILES string of the molecule is N#Cc1ccccc1NCCn1ccnc1. The summed E-state index contributed by atoms with van der Waals surface area (Å²) in [5, 5.41) is 12.1. The van der Waals surface area contributed by atoms with Crippen LogP contribution in [0.3, 0.4) is 0 Å². The average molecular weight is 212 g/mol. The van der Waals surface area contributed by atoms with Gasteiger partial charge in [-0.3, -0.25) is 0 Å². The Hall–Kier alpha value is -2.28. The van der Waals surface area contributed by atoms with Crippen molar-refractivity contribution in [3.63, 3.8) is 0 Å². The summed E-state index contributed by atoms with van der Waals surface area (Å²) < 4.78 is 1.99. The first-order valence-electron chi connectivity index (χ1n) is 5.09. The van der Waals surface area contributed by atoms with Crippen LogP contribution >= 0.6 is 0 Å². The largest absolute Gasteiger partial charge is 0.382 e. The Morgan fingerprint density at radius 3 is 3.00 bits per heavy atom. The standard InChI is InChI=1S/C12H12N4/c13-9-11-3-1-2-4-12(11)15-6-8-16-7-5-14-10-16/h1-5,7,10,15H,6,8H2. The number of benzene rings is 1. The van der Waals surface area contributed by atoms with Crippen LogP contribution in [0.4, 0.5) is 5.69 Å². The third-order valence-corrected chi connectivity index (χ3v) is 2.29. The lowest BCUT2D eigenvalue weighted by atomic mass is 10.2. The van der Waals surface area contributed by atoms with Crippen LogP contribution in [0.5, 0.6) is 0 Å². The highest BCUT2D eigenvalue weighted by Crippen LogP contribution is 2.12. The van der Waals surface area contributed by atoms with E-state index in [1.165, 1.54) is 0 Å². The quantitative estimate of drug-likeness (QED) is 0.841. The molecule has 4 nitrogen and oxygen atoms in total. The van der Waals surface area contributed by atoms with Gasteiger partial charge in [-0.2, -0.15) is 5.26 Å². The first-order valence-corrected chi connectivity index (χ1v) is 5.09. The maximum Gasteiger partial charge on any atom is 0.101 e. The highest BCUT2D eigenvalue weighted by Gasteiger charge is 1.98. The predicted octanol–water partition coefficient (Wildman–Crippen LogP) is 1.87. The molecule has 1 heterocycles. The minimum Gasteiger partial charge on any atom is -0.382 e. The second kappa shape index (κ2) is 4.99. The van der Waals surface area contributed by atoms with E-state index in [-0.39, 0.29) is 0 Å². The topological polar surface area (TPSA) is 53.6 Å². The summed E-state index contributed by atoms with van der Waals surface area (Å²) in [5.74, 6) is 0. The summed E-state index contributed by atoms with van der Waals surface area (Å²) in [4.78, 5) is 3.96. The summed E-state index contributed by atoms with van der Waals surface area (Å²) >= 11 is 0. The van der Waals surface area contributed by atoms with Crippen molar-refractivity contribution in [1.29, 1.82) is 5.26 Å². The van der Waals surface area contributed by atoms with Gasteiger partial charge in [0.1, 0.15) is 6.07 Å². The Labute approximate surface area is 94.2 Å². The number of aromatic nitrogens is 2. The number of imidazole rings is 1. The molecule has 0 spiro atoms. The van der Waals surface area contributed by atoms with Gasteiger partial charge in [-0.05, 0) is 12.1 Å². The van der Waals surface area contributed by atoms with Gasteiger partial charge in [0.2, 0.25) is 0 Å². The van der Waals surface area contributed by atoms with Crippen molar-refractivity contribution in [2.24, 2.45) is 0 Å². The minimum absolute atomic E-state index is 0.674. The Balaban J connectivity index is 1.93. The molecule has 0 saturated heterocycles. The molecule has 0 aliphatic rings. The molecule has 0 unspecified atom stereocenters. The van der Waals surface area contributed by atoms with Gasteiger partial charge in [-0.25, -0.2) is 4.98 Å². The second-order valence-electron chi connectivity index (χ2n) is 3.38. The van der Waals surface area contributed by atoms with Gasteiger partial charge < -0.3 is 9.88 Å². The lowest BCUT2D eigenvalue weighted by Gasteiger charge is -2.07. The summed E-state index contributed by atoms with van der Waals surface area (Å²) in [6.07, 6.45) is 5.44. The molecular formula is C12H12N4. The number of para-hydroxylation sites is 1. The number of hydrogen-bond donors (Lipinski definition) is 1. The highest BCUT2D eigenvalue weighted by atomic mass is 15.0. The molecule has 0 atom stereocenters. The van der Waals surface area contributed by atoms with E-state index in [0.29, 0.717) is 5.56 Å². The van der Waals surface area contributed by atoms with E-state index in [0.717, 1.165) is 18.8 Å². The number of anilines is 1. The Kier molecular flexibility index (Phi) is 3.19. The summed E-state index contributed by atoms with van der Waals surface area (Å²) in [6, 6.07) is 9.65. The van der Waals surface area contributed by atoms with Gasteiger partial charge in [0, 0.05) is 25.5 Å². The van der Waals surface area contributed by atoms with Crippen LogP contribution in [0.15, 0.2) is 43.0 Å².